The summed E-state index contributed by atoms with van der Waals surface area (Å²) in [6, 6.07) is 0. The topological polar surface area (TPSA) is 72.4 Å². The number of carbonyl (C=O) groups excluding carboxylic acids is 1. The van der Waals surface area contributed by atoms with E-state index in [4.69, 9.17) is 10.3 Å². The first-order valence-electron chi connectivity index (χ1n) is 5.55. The number of hydrogen-bond donors (Lipinski definition) is 1. The van der Waals surface area contributed by atoms with Crippen molar-refractivity contribution in [2.45, 2.75) is 20.3 Å². The molecule has 5 nitrogen and oxygen atoms in total. The highest BCUT2D eigenvalue weighted by Crippen LogP contribution is 2.21. The molecular weight excluding hydrogens is 206 g/mol. The van der Waals surface area contributed by atoms with Gasteiger partial charge in [0.1, 0.15) is 11.3 Å². The van der Waals surface area contributed by atoms with Gasteiger partial charge in [0.05, 0.1) is 5.69 Å². The molecule has 1 unspecified atom stereocenters. The van der Waals surface area contributed by atoms with E-state index in [9.17, 15) is 4.79 Å². The Labute approximate surface area is 94.6 Å². The zero-order valence-electron chi connectivity index (χ0n) is 9.69. The van der Waals surface area contributed by atoms with Crippen molar-refractivity contribution in [2.24, 2.45) is 11.7 Å². The first-order valence-corrected chi connectivity index (χ1v) is 5.55. The third-order valence-corrected chi connectivity index (χ3v) is 3.15. The van der Waals surface area contributed by atoms with Crippen LogP contribution in [0.5, 0.6) is 0 Å². The predicted octanol–water partition coefficient (Wildman–Crippen LogP) is 0.712. The highest BCUT2D eigenvalue weighted by atomic mass is 16.5. The van der Waals surface area contributed by atoms with Crippen molar-refractivity contribution < 1.29 is 9.32 Å². The van der Waals surface area contributed by atoms with Crippen molar-refractivity contribution >= 4 is 5.91 Å². The lowest BCUT2D eigenvalue weighted by Crippen LogP contribution is -2.30. The molecule has 1 atom stereocenters. The zero-order chi connectivity index (χ0) is 11.7. The molecule has 1 amide bonds. The Kier molecular flexibility index (Phi) is 2.96. The van der Waals surface area contributed by atoms with Crippen LogP contribution in [0.3, 0.4) is 0 Å². The van der Waals surface area contributed by atoms with Crippen molar-refractivity contribution in [3.8, 4) is 0 Å². The minimum Gasteiger partial charge on any atom is -0.361 e. The molecule has 16 heavy (non-hydrogen) atoms. The number of hydrogen-bond acceptors (Lipinski definition) is 4. The Balaban J connectivity index is 2.15. The lowest BCUT2D eigenvalue weighted by Gasteiger charge is -2.15. The molecule has 1 aromatic heterocycles. The van der Waals surface area contributed by atoms with Crippen molar-refractivity contribution in [1.29, 1.82) is 0 Å². The molecule has 1 aromatic rings. The number of aromatic nitrogens is 1. The van der Waals surface area contributed by atoms with Crippen LogP contribution in [0.2, 0.25) is 0 Å². The van der Waals surface area contributed by atoms with E-state index in [1.165, 1.54) is 0 Å². The zero-order valence-corrected chi connectivity index (χ0v) is 9.69. The van der Waals surface area contributed by atoms with Crippen molar-refractivity contribution in [1.82, 2.24) is 10.1 Å². The highest BCUT2D eigenvalue weighted by molar-refractivity contribution is 5.96. The average Bonchev–Trinajstić information content (AvgIpc) is 2.85. The summed E-state index contributed by atoms with van der Waals surface area (Å²) in [5, 5.41) is 3.80. The predicted molar refractivity (Wildman–Crippen MR) is 59.0 cm³/mol. The van der Waals surface area contributed by atoms with E-state index >= 15 is 0 Å². The van der Waals surface area contributed by atoms with E-state index < -0.39 is 0 Å². The number of nitrogens with zero attached hydrogens (tertiary/aromatic N) is 2. The van der Waals surface area contributed by atoms with Crippen molar-refractivity contribution in [3.63, 3.8) is 0 Å². The maximum absolute atomic E-state index is 12.2. The average molecular weight is 223 g/mol. The van der Waals surface area contributed by atoms with Crippen LogP contribution in [0, 0.1) is 19.8 Å². The Morgan fingerprint density at radius 1 is 1.62 bits per heavy atom. The first kappa shape index (κ1) is 11.1. The number of carbonyl (C=O) groups is 1. The monoisotopic (exact) mass is 223 g/mol. The first-order chi connectivity index (χ1) is 7.63. The Morgan fingerprint density at radius 2 is 2.38 bits per heavy atom. The van der Waals surface area contributed by atoms with E-state index in [1.807, 2.05) is 4.90 Å². The smallest absolute Gasteiger partial charge is 0.259 e. The molecule has 5 heteroatoms. The van der Waals surface area contributed by atoms with Gasteiger partial charge in [-0.05, 0) is 32.7 Å². The minimum atomic E-state index is 0.0206. The summed E-state index contributed by atoms with van der Waals surface area (Å²) < 4.78 is 5.01. The van der Waals surface area contributed by atoms with Gasteiger partial charge in [0.2, 0.25) is 0 Å². The van der Waals surface area contributed by atoms with Gasteiger partial charge in [0.25, 0.3) is 5.91 Å². The third-order valence-electron chi connectivity index (χ3n) is 3.15. The van der Waals surface area contributed by atoms with Gasteiger partial charge in [-0.3, -0.25) is 4.79 Å². The molecular formula is C11H17N3O2. The molecule has 2 heterocycles. The summed E-state index contributed by atoms with van der Waals surface area (Å²) in [4.78, 5) is 14.0. The lowest BCUT2D eigenvalue weighted by molar-refractivity contribution is 0.0785. The number of aryl methyl sites for hydroxylation is 2. The number of nitrogens with two attached hydrogens (primary N) is 1. The molecule has 1 aliphatic rings. The van der Waals surface area contributed by atoms with Gasteiger partial charge in [0.15, 0.2) is 0 Å². The van der Waals surface area contributed by atoms with Crippen molar-refractivity contribution in [3.05, 3.63) is 17.0 Å². The highest BCUT2D eigenvalue weighted by Gasteiger charge is 2.29. The molecule has 0 radical (unpaired) electrons. The summed E-state index contributed by atoms with van der Waals surface area (Å²) in [7, 11) is 0. The van der Waals surface area contributed by atoms with Gasteiger partial charge in [-0.15, -0.1) is 0 Å². The molecule has 2 N–H and O–H groups in total. The van der Waals surface area contributed by atoms with E-state index in [2.05, 4.69) is 5.16 Å². The maximum atomic E-state index is 12.2. The van der Waals surface area contributed by atoms with E-state index in [0.717, 1.165) is 19.5 Å². The molecule has 0 spiro atoms. The molecule has 88 valence electrons. The third kappa shape index (κ3) is 1.82. The molecule has 0 aliphatic carbocycles. The molecule has 1 saturated heterocycles. The van der Waals surface area contributed by atoms with Crippen LogP contribution >= 0.6 is 0 Å². The number of amides is 1. The SMILES string of the molecule is Cc1noc(C)c1C(=O)N1CCC(CN)C1. The normalized spacial score (nSPS) is 20.4. The second-order valence-corrected chi connectivity index (χ2v) is 4.34. The molecule has 1 aliphatic heterocycles. The summed E-state index contributed by atoms with van der Waals surface area (Å²) in [6.07, 6.45) is 0.992. The fourth-order valence-corrected chi connectivity index (χ4v) is 2.16. The maximum Gasteiger partial charge on any atom is 0.259 e. The lowest BCUT2D eigenvalue weighted by atomic mass is 10.1. The van der Waals surface area contributed by atoms with Gasteiger partial charge in [-0.2, -0.15) is 0 Å². The second kappa shape index (κ2) is 4.25. The van der Waals surface area contributed by atoms with Gasteiger partial charge >= 0.3 is 0 Å². The van der Waals surface area contributed by atoms with Crippen LogP contribution in [-0.4, -0.2) is 35.6 Å². The van der Waals surface area contributed by atoms with E-state index in [-0.39, 0.29) is 5.91 Å². The van der Waals surface area contributed by atoms with Gasteiger partial charge in [-0.25, -0.2) is 0 Å². The van der Waals surface area contributed by atoms with Gasteiger partial charge in [-0.1, -0.05) is 5.16 Å². The molecule has 2 rings (SSSR count). The standard InChI is InChI=1S/C11H17N3O2/c1-7-10(8(2)16-13-7)11(15)14-4-3-9(5-12)6-14/h9H,3-6,12H2,1-2H3. The summed E-state index contributed by atoms with van der Waals surface area (Å²) in [6.45, 7) is 5.74. The fourth-order valence-electron chi connectivity index (χ4n) is 2.16. The molecule has 0 saturated carbocycles. The number of rotatable bonds is 2. The summed E-state index contributed by atoms with van der Waals surface area (Å²) >= 11 is 0. The second-order valence-electron chi connectivity index (χ2n) is 4.34. The Bertz CT molecular complexity index is 380. The van der Waals surface area contributed by atoms with Crippen molar-refractivity contribution in [2.75, 3.05) is 19.6 Å². The van der Waals surface area contributed by atoms with Gasteiger partial charge in [0, 0.05) is 13.1 Å². The van der Waals surface area contributed by atoms with Crippen LogP contribution in [0.4, 0.5) is 0 Å². The van der Waals surface area contributed by atoms with Crippen LogP contribution < -0.4 is 5.73 Å². The largest absolute Gasteiger partial charge is 0.361 e. The van der Waals surface area contributed by atoms with E-state index in [1.54, 1.807) is 13.8 Å². The minimum absolute atomic E-state index is 0.0206. The Hall–Kier alpha value is -1.36. The van der Waals surface area contributed by atoms with Crippen LogP contribution in [-0.2, 0) is 0 Å². The van der Waals surface area contributed by atoms with E-state index in [0.29, 0.717) is 29.5 Å². The number of likely N-dealkylation sites (tertiary alicyclic amines) is 1. The van der Waals surface area contributed by atoms with Crippen LogP contribution in [0.1, 0.15) is 28.2 Å². The molecule has 0 bridgehead atoms. The van der Waals surface area contributed by atoms with Gasteiger partial charge < -0.3 is 15.2 Å². The van der Waals surface area contributed by atoms with Crippen LogP contribution in [0.25, 0.3) is 0 Å². The molecule has 0 aromatic carbocycles. The summed E-state index contributed by atoms with van der Waals surface area (Å²) in [5.41, 5.74) is 6.88. The Morgan fingerprint density at radius 3 is 2.88 bits per heavy atom. The quantitative estimate of drug-likeness (QED) is 0.801. The molecule has 1 fully saturated rings. The fraction of sp³-hybridized carbons (Fsp3) is 0.636. The summed E-state index contributed by atoms with van der Waals surface area (Å²) in [5.74, 6) is 1.05. The van der Waals surface area contributed by atoms with Crippen LogP contribution in [0.15, 0.2) is 4.52 Å².